The summed E-state index contributed by atoms with van der Waals surface area (Å²) in [7, 11) is 3.27. The number of imide groups is 1. The van der Waals surface area contributed by atoms with E-state index in [2.05, 4.69) is 25.8 Å². The van der Waals surface area contributed by atoms with Gasteiger partial charge in [0.1, 0.15) is 29.1 Å². The van der Waals surface area contributed by atoms with Crippen molar-refractivity contribution in [2.75, 3.05) is 67.0 Å². The Labute approximate surface area is 377 Å². The standard InChI is InChI=1S/C47H59F2N9O7/c1-4-36-45(64)55(2)37-26-50-46(53-41(37)58(36)30-10-5-6-11-30)51-35-14-12-28(23-38(35)65-3)42(61)54-47(18-22-59)16-8-20-56(21-17-47)44(63)29-9-7-19-57(27-29)31-24-33(48)40(34(49)25-31)32-13-15-39(60)52-43(32)62/h12,14,23-26,29-30,32,36,59H,4-11,13,15-22,27H2,1-3H3,(H,54,61)(H,50,51,53)(H,52,60,62)/t29-,32?,36-,47?/m1/s1. The van der Waals surface area contributed by atoms with Crippen LogP contribution in [0, 0.1) is 17.6 Å². The van der Waals surface area contributed by atoms with Crippen molar-refractivity contribution in [1.29, 1.82) is 0 Å². The van der Waals surface area contributed by atoms with Gasteiger partial charge in [0.2, 0.25) is 29.6 Å². The van der Waals surface area contributed by atoms with Crippen molar-refractivity contribution >= 4 is 58.4 Å². The number of aromatic nitrogens is 2. The average molecular weight is 900 g/mol. The Morgan fingerprint density at radius 2 is 1.75 bits per heavy atom. The number of likely N-dealkylation sites (tertiary alicyclic amines) is 1. The fourth-order valence-electron chi connectivity index (χ4n) is 10.6. The number of carbonyl (C=O) groups excluding carboxylic acids is 5. The summed E-state index contributed by atoms with van der Waals surface area (Å²) in [6.07, 6.45) is 9.57. The zero-order valence-electron chi connectivity index (χ0n) is 37.3. The second-order valence-electron chi connectivity index (χ2n) is 18.1. The summed E-state index contributed by atoms with van der Waals surface area (Å²) in [6.45, 7) is 3.39. The van der Waals surface area contributed by atoms with Crippen LogP contribution in [-0.2, 0) is 19.2 Å². The third kappa shape index (κ3) is 9.31. The zero-order valence-corrected chi connectivity index (χ0v) is 37.3. The Balaban J connectivity index is 0.920. The van der Waals surface area contributed by atoms with Gasteiger partial charge in [0, 0.05) is 74.6 Å². The number of aliphatic hydroxyl groups is 1. The molecule has 5 aliphatic rings. The molecule has 3 saturated heterocycles. The minimum absolute atomic E-state index is 0.00401. The monoisotopic (exact) mass is 899 g/mol. The van der Waals surface area contributed by atoms with Crippen LogP contribution in [0.4, 0.5) is 37.6 Å². The lowest BCUT2D eigenvalue weighted by Gasteiger charge is -2.43. The fraction of sp³-hybridized carbons (Fsp3) is 0.553. The summed E-state index contributed by atoms with van der Waals surface area (Å²) in [5.74, 6) is -3.44. The number of halogens is 2. The molecule has 0 spiro atoms. The highest BCUT2D eigenvalue weighted by molar-refractivity contribution is 6.04. The van der Waals surface area contributed by atoms with E-state index in [0.29, 0.717) is 92.6 Å². The van der Waals surface area contributed by atoms with E-state index in [0.717, 1.165) is 25.7 Å². The van der Waals surface area contributed by atoms with Gasteiger partial charge >= 0.3 is 0 Å². The van der Waals surface area contributed by atoms with Crippen molar-refractivity contribution in [3.8, 4) is 5.75 Å². The number of nitrogens with zero attached hydrogens (tertiary/aromatic N) is 6. The lowest BCUT2D eigenvalue weighted by atomic mass is 9.86. The summed E-state index contributed by atoms with van der Waals surface area (Å²) in [4.78, 5) is 82.3. The molecule has 348 valence electrons. The maximum absolute atomic E-state index is 15.4. The first-order valence-corrected chi connectivity index (χ1v) is 23.0. The Morgan fingerprint density at radius 3 is 2.46 bits per heavy atom. The van der Waals surface area contributed by atoms with E-state index in [4.69, 9.17) is 9.72 Å². The number of hydrogen-bond donors (Lipinski definition) is 4. The SMILES string of the molecule is CC[C@@H]1C(=O)N(C)c2cnc(Nc3ccc(C(=O)NC4(CCO)CCCN(C(=O)[C@@H]5CCCN(c6cc(F)c(C7CCC(=O)NC7=O)c(F)c6)C5)CC4)cc3OC)nc2N1C1CCCC1. The lowest BCUT2D eigenvalue weighted by molar-refractivity contribution is -0.136. The Bertz CT molecular complexity index is 2310. The van der Waals surface area contributed by atoms with Crippen LogP contribution in [0.5, 0.6) is 5.75 Å². The number of hydrogen-bond acceptors (Lipinski definition) is 12. The first kappa shape index (κ1) is 45.7. The van der Waals surface area contributed by atoms with E-state index in [1.54, 1.807) is 46.1 Å². The molecule has 0 radical (unpaired) electrons. The van der Waals surface area contributed by atoms with Gasteiger partial charge in [-0.3, -0.25) is 29.3 Å². The van der Waals surface area contributed by atoms with Gasteiger partial charge in [-0.05, 0) is 94.5 Å². The highest BCUT2D eigenvalue weighted by Crippen LogP contribution is 2.41. The number of rotatable bonds is 12. The summed E-state index contributed by atoms with van der Waals surface area (Å²) >= 11 is 0. The lowest BCUT2D eigenvalue weighted by Crippen LogP contribution is -2.55. The molecule has 5 amide bonds. The number of carbonyl (C=O) groups is 5. The number of fused-ring (bicyclic) bond motifs is 1. The molecule has 5 heterocycles. The van der Waals surface area contributed by atoms with Gasteiger partial charge in [-0.25, -0.2) is 13.8 Å². The Morgan fingerprint density at radius 1 is 0.985 bits per heavy atom. The van der Waals surface area contributed by atoms with Gasteiger partial charge in [-0.2, -0.15) is 4.98 Å². The number of nitrogens with one attached hydrogen (secondary N) is 3. The maximum atomic E-state index is 15.4. The molecule has 4 fully saturated rings. The molecule has 4 aliphatic heterocycles. The summed E-state index contributed by atoms with van der Waals surface area (Å²) in [5, 5.41) is 18.8. The van der Waals surface area contributed by atoms with E-state index < -0.39 is 40.8 Å². The fourth-order valence-corrected chi connectivity index (χ4v) is 10.6. The summed E-state index contributed by atoms with van der Waals surface area (Å²) in [6, 6.07) is 7.34. The molecule has 0 bridgehead atoms. The van der Waals surface area contributed by atoms with Crippen molar-refractivity contribution in [2.24, 2.45) is 5.92 Å². The van der Waals surface area contributed by atoms with E-state index in [9.17, 15) is 29.1 Å². The summed E-state index contributed by atoms with van der Waals surface area (Å²) < 4.78 is 36.6. The van der Waals surface area contributed by atoms with Gasteiger partial charge in [0.15, 0.2) is 5.82 Å². The van der Waals surface area contributed by atoms with Crippen LogP contribution < -0.4 is 35.4 Å². The molecule has 2 aromatic carbocycles. The van der Waals surface area contributed by atoms with Gasteiger partial charge in [0.05, 0.1) is 30.8 Å². The zero-order chi connectivity index (χ0) is 46.0. The summed E-state index contributed by atoms with van der Waals surface area (Å²) in [5.41, 5.74) is 0.661. The number of methoxy groups -OCH3 is 1. The Kier molecular flexibility index (Phi) is 13.5. The van der Waals surface area contributed by atoms with Crippen LogP contribution >= 0.6 is 0 Å². The quantitative estimate of drug-likeness (QED) is 0.172. The third-order valence-electron chi connectivity index (χ3n) is 14.1. The molecule has 18 heteroatoms. The molecule has 8 rings (SSSR count). The predicted molar refractivity (Wildman–Crippen MR) is 239 cm³/mol. The van der Waals surface area contributed by atoms with Gasteiger partial charge in [-0.15, -0.1) is 0 Å². The second-order valence-corrected chi connectivity index (χ2v) is 18.1. The first-order valence-electron chi connectivity index (χ1n) is 23.0. The minimum Gasteiger partial charge on any atom is -0.495 e. The average Bonchev–Trinajstić information content (AvgIpc) is 3.75. The van der Waals surface area contributed by atoms with Crippen molar-refractivity contribution in [2.45, 2.75) is 114 Å². The van der Waals surface area contributed by atoms with E-state index >= 15 is 8.78 Å². The van der Waals surface area contributed by atoms with Crippen LogP contribution in [0.1, 0.15) is 112 Å². The molecule has 1 aromatic heterocycles. The van der Waals surface area contributed by atoms with Gasteiger partial charge in [-0.1, -0.05) is 19.8 Å². The first-order chi connectivity index (χ1) is 31.3. The second kappa shape index (κ2) is 19.3. The normalized spacial score (nSPS) is 24.1. The molecule has 65 heavy (non-hydrogen) atoms. The number of ether oxygens (including phenoxy) is 1. The minimum atomic E-state index is -1.10. The number of anilines is 5. The number of amides is 5. The predicted octanol–water partition coefficient (Wildman–Crippen LogP) is 5.31. The van der Waals surface area contributed by atoms with Crippen LogP contribution in [0.25, 0.3) is 0 Å². The molecule has 16 nitrogen and oxygen atoms in total. The van der Waals surface area contributed by atoms with E-state index in [1.807, 2.05) is 6.92 Å². The van der Waals surface area contributed by atoms with Gasteiger partial charge in [0.25, 0.3) is 5.91 Å². The van der Waals surface area contributed by atoms with E-state index in [1.165, 1.54) is 19.2 Å². The molecular weight excluding hydrogens is 841 g/mol. The number of likely N-dealkylation sites (N-methyl/N-ethyl adjacent to an activating group) is 1. The molecule has 4 atom stereocenters. The smallest absolute Gasteiger partial charge is 0.251 e. The van der Waals surface area contributed by atoms with Crippen LogP contribution in [0.2, 0.25) is 0 Å². The van der Waals surface area contributed by atoms with Crippen LogP contribution in [0.15, 0.2) is 36.5 Å². The van der Waals surface area contributed by atoms with Gasteiger partial charge < -0.3 is 40.1 Å². The molecule has 1 saturated carbocycles. The largest absolute Gasteiger partial charge is 0.495 e. The molecule has 3 aromatic rings. The molecule has 1 aliphatic carbocycles. The molecule has 4 N–H and O–H groups in total. The number of aliphatic hydroxyl groups excluding tert-OH is 1. The van der Waals surface area contributed by atoms with Crippen LogP contribution in [0.3, 0.4) is 0 Å². The maximum Gasteiger partial charge on any atom is 0.251 e. The highest BCUT2D eigenvalue weighted by atomic mass is 19.1. The number of benzene rings is 2. The highest BCUT2D eigenvalue weighted by Gasteiger charge is 2.42. The molecular formula is C47H59F2N9O7. The van der Waals surface area contributed by atoms with E-state index in [-0.39, 0.29) is 73.5 Å². The van der Waals surface area contributed by atoms with Crippen molar-refractivity contribution in [3.05, 3.63) is 59.3 Å². The third-order valence-corrected chi connectivity index (χ3v) is 14.1. The van der Waals surface area contributed by atoms with Crippen molar-refractivity contribution in [3.63, 3.8) is 0 Å². The van der Waals surface area contributed by atoms with Crippen LogP contribution in [-0.4, -0.2) is 114 Å². The topological polar surface area (TPSA) is 190 Å². The van der Waals surface area contributed by atoms with Crippen molar-refractivity contribution in [1.82, 2.24) is 25.5 Å². The van der Waals surface area contributed by atoms with Crippen molar-refractivity contribution < 1.29 is 42.6 Å². The number of piperidine rings is 2. The Hall–Kier alpha value is -5.91. The molecule has 2 unspecified atom stereocenters.